The summed E-state index contributed by atoms with van der Waals surface area (Å²) < 4.78 is 18.1. The van der Waals surface area contributed by atoms with Crippen molar-refractivity contribution in [3.63, 3.8) is 0 Å². The number of amides is 1. The van der Waals surface area contributed by atoms with Gasteiger partial charge in [0.05, 0.1) is 11.1 Å². The number of hydrogen-bond donors (Lipinski definition) is 1. The fraction of sp³-hybridized carbons (Fsp3) is 0.333. The van der Waals surface area contributed by atoms with Crippen LogP contribution in [0.2, 0.25) is 5.15 Å². The molecule has 0 aliphatic carbocycles. The predicted molar refractivity (Wildman–Crippen MR) is 80.2 cm³/mol. The third-order valence-electron chi connectivity index (χ3n) is 3.04. The molecule has 1 aromatic heterocycles. The third kappa shape index (κ3) is 4.12. The normalized spacial score (nSPS) is 10.8. The number of nitrogens with one attached hydrogen (secondary N) is 1. The van der Waals surface area contributed by atoms with Gasteiger partial charge in [0, 0.05) is 31.7 Å². The lowest BCUT2D eigenvalue weighted by Gasteiger charge is -2.08. The maximum Gasteiger partial charge on any atom is 0.254 e. The van der Waals surface area contributed by atoms with Gasteiger partial charge in [-0.15, -0.1) is 0 Å². The number of methoxy groups -OCH3 is 1. The van der Waals surface area contributed by atoms with Crippen LogP contribution >= 0.6 is 11.6 Å². The van der Waals surface area contributed by atoms with Gasteiger partial charge < -0.3 is 10.1 Å². The summed E-state index contributed by atoms with van der Waals surface area (Å²) in [5, 5.41) is 3.53. The molecule has 112 valence electrons. The highest BCUT2D eigenvalue weighted by molar-refractivity contribution is 6.33. The van der Waals surface area contributed by atoms with Gasteiger partial charge in [0.15, 0.2) is 0 Å². The van der Waals surface area contributed by atoms with Crippen LogP contribution in [0.4, 0.5) is 4.39 Å². The molecule has 0 fully saturated rings. The first-order valence-corrected chi connectivity index (χ1v) is 7.02. The summed E-state index contributed by atoms with van der Waals surface area (Å²) >= 11 is 6.00. The van der Waals surface area contributed by atoms with Crippen molar-refractivity contribution in [2.24, 2.45) is 0 Å². The van der Waals surface area contributed by atoms with Gasteiger partial charge in [0.25, 0.3) is 5.91 Å². The molecule has 2 rings (SSSR count). The van der Waals surface area contributed by atoms with Gasteiger partial charge in [0.1, 0.15) is 11.0 Å². The number of hydrogen-bond acceptors (Lipinski definition) is 3. The average Bonchev–Trinajstić information content (AvgIpc) is 2.46. The van der Waals surface area contributed by atoms with Crippen LogP contribution in [0.25, 0.3) is 10.9 Å². The van der Waals surface area contributed by atoms with Gasteiger partial charge >= 0.3 is 0 Å². The Balaban J connectivity index is 2.08. The summed E-state index contributed by atoms with van der Waals surface area (Å²) in [6.07, 6.45) is 1.70. The van der Waals surface area contributed by atoms with Crippen molar-refractivity contribution in [2.75, 3.05) is 20.3 Å². The molecule has 4 nitrogen and oxygen atoms in total. The first-order valence-electron chi connectivity index (χ1n) is 6.65. The second kappa shape index (κ2) is 7.33. The first kappa shape index (κ1) is 15.7. The quantitative estimate of drug-likeness (QED) is 0.658. The molecule has 1 N–H and O–H groups in total. The Morgan fingerprint density at radius 1 is 1.38 bits per heavy atom. The minimum absolute atomic E-state index is 0.0718. The van der Waals surface area contributed by atoms with E-state index in [1.165, 1.54) is 12.1 Å². The number of carbonyl (C=O) groups excluding carboxylic acids is 1. The van der Waals surface area contributed by atoms with E-state index in [1.54, 1.807) is 19.2 Å². The summed E-state index contributed by atoms with van der Waals surface area (Å²) in [4.78, 5) is 16.1. The van der Waals surface area contributed by atoms with Crippen LogP contribution in [0.1, 0.15) is 23.2 Å². The topological polar surface area (TPSA) is 51.2 Å². The van der Waals surface area contributed by atoms with Crippen LogP contribution in [0.3, 0.4) is 0 Å². The standard InChI is InChI=1S/C15H16ClFN2O2/c1-21-7-3-2-6-18-15(20)12-8-10-4-5-11(17)9-13(10)19-14(12)16/h4-5,8-9H,2-3,6-7H2,1H3,(H,18,20). The van der Waals surface area contributed by atoms with E-state index >= 15 is 0 Å². The average molecular weight is 311 g/mol. The largest absolute Gasteiger partial charge is 0.385 e. The highest BCUT2D eigenvalue weighted by Gasteiger charge is 2.13. The zero-order chi connectivity index (χ0) is 15.2. The molecule has 0 aliphatic heterocycles. The second-order valence-corrected chi connectivity index (χ2v) is 4.98. The van der Waals surface area contributed by atoms with Crippen LogP contribution in [0.15, 0.2) is 24.3 Å². The first-order chi connectivity index (χ1) is 10.1. The number of nitrogens with zero attached hydrogens (tertiary/aromatic N) is 1. The number of pyridine rings is 1. The molecule has 6 heteroatoms. The van der Waals surface area contributed by atoms with E-state index in [9.17, 15) is 9.18 Å². The SMILES string of the molecule is COCCCCNC(=O)c1cc2ccc(F)cc2nc1Cl. The number of benzene rings is 1. The summed E-state index contributed by atoms with van der Waals surface area (Å²) in [7, 11) is 1.64. The van der Waals surface area contributed by atoms with Gasteiger partial charge in [-0.25, -0.2) is 9.37 Å². The number of carbonyl (C=O) groups is 1. The Bertz CT molecular complexity index is 649. The Kier molecular flexibility index (Phi) is 5.47. The number of fused-ring (bicyclic) bond motifs is 1. The fourth-order valence-electron chi connectivity index (χ4n) is 1.94. The lowest BCUT2D eigenvalue weighted by Crippen LogP contribution is -2.25. The molecular formula is C15H16ClFN2O2. The highest BCUT2D eigenvalue weighted by atomic mass is 35.5. The second-order valence-electron chi connectivity index (χ2n) is 4.62. The van der Waals surface area contributed by atoms with Gasteiger partial charge in [-0.2, -0.15) is 0 Å². The molecule has 0 radical (unpaired) electrons. The van der Waals surface area contributed by atoms with Crippen molar-refractivity contribution in [2.45, 2.75) is 12.8 Å². The van der Waals surface area contributed by atoms with E-state index in [0.717, 1.165) is 12.8 Å². The monoisotopic (exact) mass is 310 g/mol. The van der Waals surface area contributed by atoms with E-state index in [2.05, 4.69) is 10.3 Å². The maximum atomic E-state index is 13.1. The molecule has 0 atom stereocenters. The molecule has 0 bridgehead atoms. The summed E-state index contributed by atoms with van der Waals surface area (Å²) in [5.74, 6) is -0.669. The molecule has 21 heavy (non-hydrogen) atoms. The van der Waals surface area contributed by atoms with E-state index in [1.807, 2.05) is 0 Å². The number of aromatic nitrogens is 1. The lowest BCUT2D eigenvalue weighted by atomic mass is 10.1. The number of ether oxygens (including phenoxy) is 1. The molecule has 1 amide bonds. The molecule has 0 saturated carbocycles. The predicted octanol–water partition coefficient (Wildman–Crippen LogP) is 3.18. The molecule has 1 aromatic carbocycles. The molecule has 0 unspecified atom stereocenters. The van der Waals surface area contributed by atoms with Crippen molar-refractivity contribution in [1.29, 1.82) is 0 Å². The Hall–Kier alpha value is -1.72. The molecule has 1 heterocycles. The molecule has 0 saturated heterocycles. The van der Waals surface area contributed by atoms with Gasteiger partial charge in [-0.05, 0) is 31.0 Å². The van der Waals surface area contributed by atoms with Crippen LogP contribution in [-0.4, -0.2) is 31.2 Å². The Labute approximate surface area is 127 Å². The summed E-state index contributed by atoms with van der Waals surface area (Å²) in [6.45, 7) is 1.21. The zero-order valence-electron chi connectivity index (χ0n) is 11.7. The van der Waals surface area contributed by atoms with Crippen LogP contribution in [0.5, 0.6) is 0 Å². The summed E-state index contributed by atoms with van der Waals surface area (Å²) in [6, 6.07) is 5.80. The van der Waals surface area contributed by atoms with Crippen molar-refractivity contribution >= 4 is 28.4 Å². The Morgan fingerprint density at radius 2 is 2.19 bits per heavy atom. The van der Waals surface area contributed by atoms with Crippen molar-refractivity contribution in [1.82, 2.24) is 10.3 Å². The molecular weight excluding hydrogens is 295 g/mol. The van der Waals surface area contributed by atoms with E-state index in [-0.39, 0.29) is 16.9 Å². The molecule has 2 aromatic rings. The minimum atomic E-state index is -0.388. The maximum absolute atomic E-state index is 13.1. The number of rotatable bonds is 6. The number of halogens is 2. The smallest absolute Gasteiger partial charge is 0.254 e. The molecule has 0 aliphatic rings. The van der Waals surface area contributed by atoms with Crippen LogP contribution in [0, 0.1) is 5.82 Å². The fourth-order valence-corrected chi connectivity index (χ4v) is 2.18. The van der Waals surface area contributed by atoms with E-state index in [0.29, 0.717) is 29.6 Å². The van der Waals surface area contributed by atoms with Crippen molar-refractivity contribution in [3.05, 3.63) is 40.8 Å². The Morgan fingerprint density at radius 3 is 2.95 bits per heavy atom. The van der Waals surface area contributed by atoms with Crippen molar-refractivity contribution < 1.29 is 13.9 Å². The summed E-state index contributed by atoms with van der Waals surface area (Å²) in [5.41, 5.74) is 0.721. The molecule has 0 spiro atoms. The van der Waals surface area contributed by atoms with Gasteiger partial charge in [-0.3, -0.25) is 4.79 Å². The highest BCUT2D eigenvalue weighted by Crippen LogP contribution is 2.21. The van der Waals surface area contributed by atoms with Crippen LogP contribution in [-0.2, 0) is 4.74 Å². The van der Waals surface area contributed by atoms with Crippen LogP contribution < -0.4 is 5.32 Å². The zero-order valence-corrected chi connectivity index (χ0v) is 12.4. The van der Waals surface area contributed by atoms with Crippen molar-refractivity contribution in [3.8, 4) is 0 Å². The lowest BCUT2D eigenvalue weighted by molar-refractivity contribution is 0.0951. The van der Waals surface area contributed by atoms with E-state index in [4.69, 9.17) is 16.3 Å². The van der Waals surface area contributed by atoms with Gasteiger partial charge in [0.2, 0.25) is 0 Å². The van der Waals surface area contributed by atoms with Gasteiger partial charge in [-0.1, -0.05) is 11.6 Å². The van der Waals surface area contributed by atoms with E-state index < -0.39 is 0 Å². The third-order valence-corrected chi connectivity index (χ3v) is 3.33. The number of unbranched alkanes of at least 4 members (excludes halogenated alkanes) is 1. The minimum Gasteiger partial charge on any atom is -0.385 e.